The Kier molecular flexibility index (Phi) is 9.47. The molecule has 12 heteroatoms. The lowest BCUT2D eigenvalue weighted by molar-refractivity contribution is -0.131. The minimum atomic E-state index is -0.537. The average molecular weight is 597 g/mol. The monoisotopic (exact) mass is 597 g/mol. The van der Waals surface area contributed by atoms with Gasteiger partial charge in [0, 0.05) is 49.0 Å². The van der Waals surface area contributed by atoms with E-state index >= 15 is 0 Å². The third-order valence-corrected chi connectivity index (χ3v) is 7.94. The molecule has 0 saturated carbocycles. The van der Waals surface area contributed by atoms with Crippen LogP contribution in [0, 0.1) is 5.82 Å². The van der Waals surface area contributed by atoms with Crippen molar-refractivity contribution in [3.8, 4) is 5.75 Å². The van der Waals surface area contributed by atoms with Gasteiger partial charge in [-0.15, -0.1) is 0 Å². The number of amides is 5. The number of piperidine rings is 1. The molecule has 44 heavy (non-hydrogen) atoms. The number of likely N-dealkylation sites (tertiary alicyclic amines) is 1. The fraction of sp³-hybridized carbons (Fsp3) is 0.312. The molecular formula is C32H33BFN5O5. The van der Waals surface area contributed by atoms with Gasteiger partial charge >= 0.3 is 6.03 Å². The number of hydrogen-bond donors (Lipinski definition) is 3. The highest BCUT2D eigenvalue weighted by Crippen LogP contribution is 2.27. The highest BCUT2D eigenvalue weighted by atomic mass is 19.1. The van der Waals surface area contributed by atoms with Crippen LogP contribution in [0.25, 0.3) is 0 Å². The molecule has 1 saturated heterocycles. The fourth-order valence-corrected chi connectivity index (χ4v) is 5.50. The van der Waals surface area contributed by atoms with Gasteiger partial charge in [-0.05, 0) is 66.8 Å². The Morgan fingerprint density at radius 3 is 2.32 bits per heavy atom. The second-order valence-electron chi connectivity index (χ2n) is 10.8. The third-order valence-electron chi connectivity index (χ3n) is 7.94. The molecule has 3 aromatic carbocycles. The Balaban J connectivity index is 1.10. The smallest absolute Gasteiger partial charge is 0.322 e. The lowest BCUT2D eigenvalue weighted by Crippen LogP contribution is -2.51. The summed E-state index contributed by atoms with van der Waals surface area (Å²) in [4.78, 5) is 55.0. The van der Waals surface area contributed by atoms with Crippen LogP contribution in [-0.4, -0.2) is 80.7 Å². The van der Waals surface area contributed by atoms with Crippen LogP contribution < -0.4 is 26.2 Å². The Labute approximate surface area is 256 Å². The van der Waals surface area contributed by atoms with Crippen LogP contribution in [0.4, 0.5) is 14.9 Å². The number of carbonyl (C=O) groups is 4. The molecule has 226 valence electrons. The summed E-state index contributed by atoms with van der Waals surface area (Å²) in [5.74, 6) is -0.852. The highest BCUT2D eigenvalue weighted by molar-refractivity contribution is 6.33. The number of rotatable bonds is 8. The number of benzene rings is 3. The Morgan fingerprint density at radius 2 is 1.64 bits per heavy atom. The van der Waals surface area contributed by atoms with Gasteiger partial charge in [0.1, 0.15) is 19.4 Å². The average Bonchev–Trinajstić information content (AvgIpc) is 3.20. The van der Waals surface area contributed by atoms with E-state index in [0.29, 0.717) is 44.5 Å². The highest BCUT2D eigenvalue weighted by Gasteiger charge is 2.31. The van der Waals surface area contributed by atoms with E-state index in [4.69, 9.17) is 12.6 Å². The Hall–Kier alpha value is -4.87. The van der Waals surface area contributed by atoms with Crippen LogP contribution in [0.15, 0.2) is 60.7 Å². The van der Waals surface area contributed by atoms with Gasteiger partial charge in [-0.3, -0.25) is 14.4 Å². The normalized spacial score (nSPS) is 15.1. The molecule has 2 aliphatic heterocycles. The first-order valence-electron chi connectivity index (χ1n) is 14.4. The molecular weight excluding hydrogens is 564 g/mol. The second-order valence-corrected chi connectivity index (χ2v) is 10.8. The van der Waals surface area contributed by atoms with Crippen LogP contribution in [-0.2, 0) is 17.8 Å². The summed E-state index contributed by atoms with van der Waals surface area (Å²) < 4.78 is 18.4. The maximum Gasteiger partial charge on any atom is 0.322 e. The number of halogens is 1. The number of ether oxygens (including phenoxy) is 1. The molecule has 10 nitrogen and oxygen atoms in total. The summed E-state index contributed by atoms with van der Waals surface area (Å²) in [5.41, 5.74) is 3.06. The molecule has 0 atom stereocenters. The maximum absolute atomic E-state index is 13.1. The fourth-order valence-electron chi connectivity index (χ4n) is 5.50. The van der Waals surface area contributed by atoms with Crippen LogP contribution in [0.3, 0.4) is 0 Å². The topological polar surface area (TPSA) is 120 Å². The largest absolute Gasteiger partial charge is 0.497 e. The molecule has 5 amide bonds. The van der Waals surface area contributed by atoms with Gasteiger partial charge < -0.3 is 30.5 Å². The second kappa shape index (κ2) is 13.6. The number of nitrogens with one attached hydrogen (secondary N) is 3. The minimum Gasteiger partial charge on any atom is -0.497 e. The Bertz CT molecular complexity index is 1560. The zero-order chi connectivity index (χ0) is 31.2. The Morgan fingerprint density at radius 1 is 0.955 bits per heavy atom. The van der Waals surface area contributed by atoms with Crippen molar-refractivity contribution in [3.63, 3.8) is 0 Å². The zero-order valence-corrected chi connectivity index (χ0v) is 24.4. The van der Waals surface area contributed by atoms with Gasteiger partial charge in [0.25, 0.3) is 11.8 Å². The first-order valence-corrected chi connectivity index (χ1v) is 14.4. The number of carbonyl (C=O) groups excluding carboxylic acids is 4. The molecule has 3 aromatic rings. The molecule has 3 N–H and O–H groups in total. The van der Waals surface area contributed by atoms with Crippen molar-refractivity contribution < 1.29 is 28.3 Å². The molecule has 5 rings (SSSR count). The lowest BCUT2D eigenvalue weighted by Gasteiger charge is -2.38. The van der Waals surface area contributed by atoms with Crippen molar-refractivity contribution in [1.29, 1.82) is 0 Å². The summed E-state index contributed by atoms with van der Waals surface area (Å²) in [5, 5.41) is 8.34. The molecule has 2 heterocycles. The quantitative estimate of drug-likeness (QED) is 0.345. The van der Waals surface area contributed by atoms with E-state index in [1.54, 1.807) is 24.1 Å². The third kappa shape index (κ3) is 7.37. The van der Waals surface area contributed by atoms with Crippen molar-refractivity contribution in [2.75, 3.05) is 38.6 Å². The van der Waals surface area contributed by atoms with Crippen molar-refractivity contribution in [3.05, 3.63) is 88.7 Å². The standard InChI is InChI=1S/C32H33BFN5O5/c1-44-27-6-7-28-21(17-27)8-13-39(32(43)37-28)26-9-11-38(12-10-26)29(40)19-36-31(42)23-14-22(15-24(33)16-23)30(41)35-18-20-2-4-25(34)5-3-20/h2-7,14-17,26H,8-13,18-19H2,1H3,(H,35,41)(H,36,42)(H,37,43). The molecule has 0 aliphatic carbocycles. The zero-order valence-electron chi connectivity index (χ0n) is 24.4. The number of urea groups is 1. The molecule has 2 aliphatic rings. The van der Waals surface area contributed by atoms with E-state index in [0.717, 1.165) is 17.0 Å². The molecule has 0 aromatic heterocycles. The van der Waals surface area contributed by atoms with Crippen molar-refractivity contribution in [2.24, 2.45) is 0 Å². The van der Waals surface area contributed by atoms with Gasteiger partial charge in [-0.2, -0.15) is 0 Å². The number of methoxy groups -OCH3 is 1. The van der Waals surface area contributed by atoms with Gasteiger partial charge in [0.2, 0.25) is 5.91 Å². The van der Waals surface area contributed by atoms with E-state index in [1.807, 2.05) is 23.1 Å². The SMILES string of the molecule is [B]c1cc(C(=O)NCC(=O)N2CCC(N3CCc4cc(OC)ccc4NC3=O)CC2)cc(C(=O)NCc2ccc(F)cc2)c1. The number of hydrogen-bond acceptors (Lipinski definition) is 5. The van der Waals surface area contributed by atoms with E-state index in [9.17, 15) is 23.6 Å². The van der Waals surface area contributed by atoms with E-state index in [1.165, 1.54) is 30.3 Å². The van der Waals surface area contributed by atoms with Crippen molar-refractivity contribution in [1.82, 2.24) is 20.4 Å². The molecule has 1 fully saturated rings. The summed E-state index contributed by atoms with van der Waals surface area (Å²) in [6.45, 7) is 1.44. The molecule has 0 bridgehead atoms. The first kappa shape index (κ1) is 30.6. The predicted molar refractivity (Wildman–Crippen MR) is 164 cm³/mol. The molecule has 0 spiro atoms. The number of anilines is 1. The van der Waals surface area contributed by atoms with E-state index in [2.05, 4.69) is 16.0 Å². The molecule has 0 unspecified atom stereocenters. The van der Waals surface area contributed by atoms with Gasteiger partial charge in [0.05, 0.1) is 13.7 Å². The van der Waals surface area contributed by atoms with Crippen LogP contribution in [0.5, 0.6) is 5.75 Å². The van der Waals surface area contributed by atoms with Gasteiger partial charge in [0.15, 0.2) is 0 Å². The van der Waals surface area contributed by atoms with Crippen molar-refractivity contribution in [2.45, 2.75) is 31.8 Å². The number of fused-ring (bicyclic) bond motifs is 1. The summed E-state index contributed by atoms with van der Waals surface area (Å²) in [6.07, 6.45) is 1.94. The maximum atomic E-state index is 13.1. The summed E-state index contributed by atoms with van der Waals surface area (Å²) >= 11 is 0. The summed E-state index contributed by atoms with van der Waals surface area (Å²) in [7, 11) is 7.56. The van der Waals surface area contributed by atoms with Gasteiger partial charge in [-0.1, -0.05) is 29.7 Å². The van der Waals surface area contributed by atoms with Crippen molar-refractivity contribution >= 4 is 42.7 Å². The van der Waals surface area contributed by atoms with Gasteiger partial charge in [-0.25, -0.2) is 9.18 Å². The molecule has 2 radical (unpaired) electrons. The van der Waals surface area contributed by atoms with E-state index < -0.39 is 11.8 Å². The lowest BCUT2D eigenvalue weighted by atomic mass is 9.91. The van der Waals surface area contributed by atoms with Crippen LogP contribution in [0.1, 0.15) is 44.7 Å². The van der Waals surface area contributed by atoms with Crippen LogP contribution in [0.2, 0.25) is 0 Å². The number of nitrogens with zero attached hydrogens (tertiary/aromatic N) is 2. The predicted octanol–water partition coefficient (Wildman–Crippen LogP) is 2.37. The first-order chi connectivity index (χ1) is 21.2. The minimum absolute atomic E-state index is 0.00947. The summed E-state index contributed by atoms with van der Waals surface area (Å²) in [6, 6.07) is 15.5. The van der Waals surface area contributed by atoms with E-state index in [-0.39, 0.29) is 53.5 Å². The van der Waals surface area contributed by atoms with Crippen LogP contribution >= 0.6 is 0 Å².